The molecule has 135 heavy (non-hydrogen) atoms. The minimum atomic E-state index is 0.981. The highest BCUT2D eigenvalue weighted by Crippen LogP contribution is 2.52. The van der Waals surface area contributed by atoms with Crippen molar-refractivity contribution >= 4 is 115 Å². The van der Waals surface area contributed by atoms with Gasteiger partial charge in [0.1, 0.15) is 16.9 Å². The van der Waals surface area contributed by atoms with Crippen molar-refractivity contribution in [3.8, 4) is 66.8 Å². The molecule has 0 saturated carbocycles. The van der Waals surface area contributed by atoms with Crippen LogP contribution < -0.4 is 0 Å². The molecular weight excluding hydrogens is 1630 g/mol. The monoisotopic (exact) mass is 1780 g/mol. The summed E-state index contributed by atoms with van der Waals surface area (Å²) >= 11 is 0. The van der Waals surface area contributed by atoms with E-state index in [1.807, 2.05) is 208 Å². The van der Waals surface area contributed by atoms with Gasteiger partial charge in [-0.2, -0.15) is 0 Å². The van der Waals surface area contributed by atoms with E-state index in [1.165, 1.54) is 215 Å². The maximum absolute atomic E-state index is 5.22. The van der Waals surface area contributed by atoms with E-state index in [4.69, 9.17) is 15.0 Å². The zero-order valence-electron chi connectivity index (χ0n) is 87.1. The van der Waals surface area contributed by atoms with E-state index in [0.29, 0.717) is 0 Å². The van der Waals surface area contributed by atoms with Crippen molar-refractivity contribution in [2.24, 2.45) is 0 Å². The van der Waals surface area contributed by atoms with Gasteiger partial charge in [-0.05, 0) is 261 Å². The molecule has 6 aliphatic rings. The summed E-state index contributed by atoms with van der Waals surface area (Å²) in [4.78, 5) is 15.6. The lowest BCUT2D eigenvalue weighted by atomic mass is 9.95. The molecular formula is C129H150N6. The number of aromatic nitrogens is 6. The molecule has 0 spiro atoms. The van der Waals surface area contributed by atoms with Crippen molar-refractivity contribution in [1.82, 2.24) is 28.2 Å². The zero-order valence-corrected chi connectivity index (χ0v) is 87.1. The van der Waals surface area contributed by atoms with Gasteiger partial charge in [-0.1, -0.05) is 426 Å². The first-order chi connectivity index (χ1) is 67.0. The lowest BCUT2D eigenvalue weighted by molar-refractivity contribution is 1.21. The smallest absolute Gasteiger partial charge is 0.146 e. The van der Waals surface area contributed by atoms with Crippen LogP contribution >= 0.6 is 0 Å². The zero-order chi connectivity index (χ0) is 98.0. The number of para-hydroxylation sites is 3. The van der Waals surface area contributed by atoms with E-state index in [2.05, 4.69) is 304 Å². The number of hydrogen-bond acceptors (Lipinski definition) is 3. The topological polar surface area (TPSA) is 51.9 Å². The van der Waals surface area contributed by atoms with Crippen LogP contribution in [0, 0.1) is 0 Å². The lowest BCUT2D eigenvalue weighted by Crippen LogP contribution is -1.91. The van der Waals surface area contributed by atoms with Crippen LogP contribution in [0.15, 0.2) is 291 Å². The first-order valence-corrected chi connectivity index (χ1v) is 52.0. The van der Waals surface area contributed by atoms with Gasteiger partial charge >= 0.3 is 0 Å². The predicted octanol–water partition coefficient (Wildman–Crippen LogP) is 39.2. The predicted molar refractivity (Wildman–Crippen MR) is 603 cm³/mol. The number of fused-ring (bicyclic) bond motifs is 43. The molecule has 6 nitrogen and oxygen atoms in total. The number of pyridine rings is 3. The molecule has 0 atom stereocenters. The molecule has 696 valence electrons. The number of benzene rings is 15. The van der Waals surface area contributed by atoms with Crippen LogP contribution in [-0.2, 0) is 38.5 Å². The average Bonchev–Trinajstić information content (AvgIpc) is 1.57. The highest BCUT2D eigenvalue weighted by molar-refractivity contribution is 6.17. The van der Waals surface area contributed by atoms with Gasteiger partial charge < -0.3 is 0 Å². The van der Waals surface area contributed by atoms with Crippen molar-refractivity contribution in [2.45, 2.75) is 246 Å². The highest BCUT2D eigenvalue weighted by atomic mass is 15.0. The molecule has 15 aromatic carbocycles. The Morgan fingerprint density at radius 2 is 0.393 bits per heavy atom. The summed E-state index contributed by atoms with van der Waals surface area (Å²) in [6, 6.07) is 107. The minimum Gasteiger partial charge on any atom is -0.292 e. The van der Waals surface area contributed by atoms with E-state index < -0.39 is 0 Å². The summed E-state index contributed by atoms with van der Waals surface area (Å²) in [6.45, 7) is 60.0. The average molecular weight is 1780 g/mol. The van der Waals surface area contributed by atoms with E-state index in [1.54, 1.807) is 0 Å². The van der Waals surface area contributed by atoms with E-state index in [9.17, 15) is 0 Å². The third-order valence-electron chi connectivity index (χ3n) is 24.5. The molecule has 0 unspecified atom stereocenters. The van der Waals surface area contributed by atoms with Gasteiger partial charge in [-0.3, -0.25) is 13.2 Å². The van der Waals surface area contributed by atoms with Gasteiger partial charge in [-0.15, -0.1) is 0 Å². The summed E-state index contributed by atoms with van der Waals surface area (Å²) in [6.07, 6.45) is 6.07. The van der Waals surface area contributed by atoms with E-state index >= 15 is 0 Å². The first kappa shape index (κ1) is 104. The fourth-order valence-electron chi connectivity index (χ4n) is 20.0. The van der Waals surface area contributed by atoms with Gasteiger partial charge in [0, 0.05) is 32.3 Å². The summed E-state index contributed by atoms with van der Waals surface area (Å²) in [5.41, 5.74) is 47.6. The molecule has 6 aromatic heterocycles. The normalized spacial score (nSPS) is 11.2. The van der Waals surface area contributed by atoms with Gasteiger partial charge in [0.05, 0.1) is 49.7 Å². The lowest BCUT2D eigenvalue weighted by Gasteiger charge is -2.09. The van der Waals surface area contributed by atoms with Crippen LogP contribution in [0.1, 0.15) is 274 Å². The van der Waals surface area contributed by atoms with Gasteiger partial charge in [0.25, 0.3) is 0 Å². The molecule has 0 radical (unpaired) electrons. The number of nitrogens with zero attached hydrogens (tertiary/aromatic N) is 6. The molecule has 0 bridgehead atoms. The second-order valence-corrected chi connectivity index (χ2v) is 30.0. The standard InChI is InChI=1S/3C33H20N2.15C2H6/c1-2-8-23-19(7-1)13-20-16-28-21(15-27(20)23)14-22-17-32-30(18-29(22)28)34-33-26-11-4-3-9-24(26)25-10-5-6-12-31(25)35(32)33;1-2-8-23-19(7-1)13-20-14-21-15-22-16-32-30(18-29(22)28(21)17-27(20)23)34-33-26-11-4-3-9-24(26)25-10-5-6-12-31(25)35(32)33;1-2-8-22-19(7-1)15-20-13-14-24-27-18-29-31(17-21(27)16-28(24)32(20)22)35-30-12-6-5-10-25(30)23-9-3-4-11-26(23)33(35)34-29;15*1-2/h1-12,15-18H,13-14H2;1-12,14,16-18H,13,15H2;1-14,17-18H,15-16H2;15*1-2H3. The highest BCUT2D eigenvalue weighted by Gasteiger charge is 2.32. The summed E-state index contributed by atoms with van der Waals surface area (Å²) in [5.74, 6) is 0. The Morgan fingerprint density at radius 1 is 0.156 bits per heavy atom. The van der Waals surface area contributed by atoms with Crippen LogP contribution in [0.3, 0.4) is 0 Å². The van der Waals surface area contributed by atoms with Gasteiger partial charge in [-0.25, -0.2) is 15.0 Å². The molecule has 6 heteroatoms. The Labute approximate surface area is 808 Å². The van der Waals surface area contributed by atoms with Crippen LogP contribution in [0.2, 0.25) is 0 Å². The van der Waals surface area contributed by atoms with E-state index in [-0.39, 0.29) is 0 Å². The van der Waals surface area contributed by atoms with Crippen molar-refractivity contribution in [3.63, 3.8) is 0 Å². The Hall–Kier alpha value is -13.3. The Morgan fingerprint density at radius 3 is 0.756 bits per heavy atom. The van der Waals surface area contributed by atoms with Crippen molar-refractivity contribution in [3.05, 3.63) is 358 Å². The maximum atomic E-state index is 5.22. The van der Waals surface area contributed by atoms with Crippen molar-refractivity contribution < 1.29 is 0 Å². The quantitative estimate of drug-likeness (QED) is 0.142. The number of hydrogen-bond donors (Lipinski definition) is 0. The third-order valence-corrected chi connectivity index (χ3v) is 24.5. The van der Waals surface area contributed by atoms with Crippen LogP contribution in [0.5, 0.6) is 0 Å². The van der Waals surface area contributed by atoms with Crippen LogP contribution in [0.25, 0.3) is 182 Å². The summed E-state index contributed by atoms with van der Waals surface area (Å²) < 4.78 is 7.11. The largest absolute Gasteiger partial charge is 0.292 e. The summed E-state index contributed by atoms with van der Waals surface area (Å²) in [7, 11) is 0. The second kappa shape index (κ2) is 49.1. The fraction of sp³-hybridized carbons (Fsp3) is 0.279. The molecule has 0 amide bonds. The Balaban J connectivity index is 0.000000184. The van der Waals surface area contributed by atoms with Crippen LogP contribution in [-0.4, -0.2) is 28.2 Å². The Bertz CT molecular complexity index is 7540. The number of rotatable bonds is 0. The van der Waals surface area contributed by atoms with Crippen molar-refractivity contribution in [2.75, 3.05) is 0 Å². The second-order valence-electron chi connectivity index (χ2n) is 30.0. The molecule has 21 aromatic rings. The van der Waals surface area contributed by atoms with Crippen LogP contribution in [0.4, 0.5) is 0 Å². The number of imidazole rings is 3. The maximum Gasteiger partial charge on any atom is 0.146 e. The SMILES string of the molecule is CC.CC.CC.CC.CC.CC.CC.CC.CC.CC.CC.CC.CC.CC.CC.c1ccc2c(c1)Cc1cc3c(cc1-2)-c1cc2nc4c5ccccc5c5ccccc5n4c2cc1C3.c1ccc2c(c1)Cc1cc3c(cc1-2)Cc1cc2c(cc1-3)nc1c3ccccc3c3ccccc3n21.c1ccc2c(c1)Cc1ccc3c(c1-2)Cc1cc2c(cc1-3)nc1c3ccccc3c3ccccc3n21. The molecule has 0 N–H and O–H groups in total. The van der Waals surface area contributed by atoms with E-state index in [0.717, 1.165) is 72.0 Å². The molecule has 6 heterocycles. The van der Waals surface area contributed by atoms with Crippen molar-refractivity contribution in [1.29, 1.82) is 0 Å². The minimum absolute atomic E-state index is 0.981. The van der Waals surface area contributed by atoms with Gasteiger partial charge in [0.15, 0.2) is 0 Å². The fourth-order valence-corrected chi connectivity index (χ4v) is 20.0. The third kappa shape index (κ3) is 18.6. The van der Waals surface area contributed by atoms with Gasteiger partial charge in [0.2, 0.25) is 0 Å². The molecule has 0 aliphatic heterocycles. The molecule has 27 rings (SSSR count). The Kier molecular flexibility index (Phi) is 37.7. The molecule has 6 aliphatic carbocycles. The first-order valence-electron chi connectivity index (χ1n) is 52.0. The molecule has 0 saturated heterocycles. The molecule has 0 fully saturated rings. The summed E-state index contributed by atoms with van der Waals surface area (Å²) in [5, 5.41) is 11.2.